The van der Waals surface area contributed by atoms with E-state index < -0.39 is 10.9 Å². The van der Waals surface area contributed by atoms with Gasteiger partial charge in [0.1, 0.15) is 5.69 Å². The van der Waals surface area contributed by atoms with Crippen LogP contribution in [0.1, 0.15) is 23.8 Å². The second-order valence-corrected chi connectivity index (χ2v) is 2.84. The molecule has 1 rings (SSSR count). The van der Waals surface area contributed by atoms with E-state index in [4.69, 9.17) is 5.11 Å². The van der Waals surface area contributed by atoms with Crippen LogP contribution in [0.5, 0.6) is 0 Å². The molecule has 0 saturated carbocycles. The Bertz CT molecular complexity index is 369. The van der Waals surface area contributed by atoms with Crippen molar-refractivity contribution in [1.82, 2.24) is 4.57 Å². The average Bonchev–Trinajstić information content (AvgIpc) is 2.49. The largest absolute Gasteiger partial charge is 0.477 e. The highest BCUT2D eigenvalue weighted by atomic mass is 16.6. The first-order chi connectivity index (χ1) is 6.56. The molecule has 0 saturated heterocycles. The van der Waals surface area contributed by atoms with Gasteiger partial charge in [0.05, 0.1) is 11.1 Å². The van der Waals surface area contributed by atoms with Crippen LogP contribution >= 0.6 is 0 Å². The first-order valence-corrected chi connectivity index (χ1v) is 4.14. The second-order valence-electron chi connectivity index (χ2n) is 2.84. The number of carbonyl (C=O) groups is 1. The standard InChI is InChI=1S/C8H10N2O4/c1-2-3-9-5-6(10(13)14)4-7(9)8(11)12/h4-5H,2-3H2,1H3,(H,11,12). The third-order valence-electron chi connectivity index (χ3n) is 1.78. The smallest absolute Gasteiger partial charge is 0.352 e. The number of aryl methyl sites for hydroxylation is 1. The fraction of sp³-hybridized carbons (Fsp3) is 0.375. The molecule has 0 fully saturated rings. The van der Waals surface area contributed by atoms with Gasteiger partial charge in [-0.1, -0.05) is 6.92 Å². The van der Waals surface area contributed by atoms with Gasteiger partial charge in [-0.15, -0.1) is 0 Å². The summed E-state index contributed by atoms with van der Waals surface area (Å²) in [7, 11) is 0. The van der Waals surface area contributed by atoms with Gasteiger partial charge < -0.3 is 9.67 Å². The van der Waals surface area contributed by atoms with E-state index in [1.54, 1.807) is 0 Å². The number of nitrogens with zero attached hydrogens (tertiary/aromatic N) is 2. The van der Waals surface area contributed by atoms with E-state index in [0.29, 0.717) is 6.54 Å². The predicted octanol–water partition coefficient (Wildman–Crippen LogP) is 1.50. The van der Waals surface area contributed by atoms with Gasteiger partial charge in [-0.2, -0.15) is 0 Å². The molecule has 6 nitrogen and oxygen atoms in total. The van der Waals surface area contributed by atoms with Crippen LogP contribution in [0.2, 0.25) is 0 Å². The quantitative estimate of drug-likeness (QED) is 0.586. The second kappa shape index (κ2) is 3.91. The summed E-state index contributed by atoms with van der Waals surface area (Å²) >= 11 is 0. The van der Waals surface area contributed by atoms with Crippen LogP contribution in [-0.4, -0.2) is 20.6 Å². The van der Waals surface area contributed by atoms with E-state index in [0.717, 1.165) is 12.5 Å². The minimum absolute atomic E-state index is 0.0430. The third-order valence-corrected chi connectivity index (χ3v) is 1.78. The fourth-order valence-corrected chi connectivity index (χ4v) is 1.20. The Morgan fingerprint density at radius 2 is 2.36 bits per heavy atom. The lowest BCUT2D eigenvalue weighted by atomic mass is 10.4. The number of carboxylic acids is 1. The lowest BCUT2D eigenvalue weighted by molar-refractivity contribution is -0.384. The molecule has 0 spiro atoms. The van der Waals surface area contributed by atoms with Gasteiger partial charge in [-0.3, -0.25) is 10.1 Å². The highest BCUT2D eigenvalue weighted by Gasteiger charge is 2.17. The SMILES string of the molecule is CCCn1cc([N+](=O)[O-])cc1C(=O)O. The molecule has 1 heterocycles. The van der Waals surface area contributed by atoms with Crippen LogP contribution < -0.4 is 0 Å². The van der Waals surface area contributed by atoms with Gasteiger partial charge in [-0.05, 0) is 6.42 Å². The first kappa shape index (κ1) is 10.2. The summed E-state index contributed by atoms with van der Waals surface area (Å²) in [4.78, 5) is 20.5. The Kier molecular flexibility index (Phi) is 2.85. The van der Waals surface area contributed by atoms with E-state index in [-0.39, 0.29) is 11.4 Å². The minimum atomic E-state index is -1.15. The third kappa shape index (κ3) is 1.90. The van der Waals surface area contributed by atoms with Crippen LogP contribution in [0, 0.1) is 10.1 Å². The lowest BCUT2D eigenvalue weighted by Gasteiger charge is -2.01. The van der Waals surface area contributed by atoms with Crippen LogP contribution in [0.25, 0.3) is 0 Å². The molecule has 0 aromatic carbocycles. The summed E-state index contributed by atoms with van der Waals surface area (Å²) in [5, 5.41) is 19.1. The number of hydrogen-bond acceptors (Lipinski definition) is 3. The zero-order chi connectivity index (χ0) is 10.7. The molecule has 1 aromatic rings. The Morgan fingerprint density at radius 1 is 1.71 bits per heavy atom. The minimum Gasteiger partial charge on any atom is -0.477 e. The molecule has 0 bridgehead atoms. The summed E-state index contributed by atoms with van der Waals surface area (Å²) in [5.74, 6) is -1.15. The van der Waals surface area contributed by atoms with Crippen LogP contribution in [0.4, 0.5) is 5.69 Å². The van der Waals surface area contributed by atoms with Gasteiger partial charge >= 0.3 is 5.97 Å². The Balaban J connectivity index is 3.12. The molecule has 76 valence electrons. The van der Waals surface area contributed by atoms with Crippen LogP contribution in [-0.2, 0) is 6.54 Å². The number of hydrogen-bond donors (Lipinski definition) is 1. The van der Waals surface area contributed by atoms with E-state index >= 15 is 0 Å². The Hall–Kier alpha value is -1.85. The van der Waals surface area contributed by atoms with Gasteiger partial charge in [0.2, 0.25) is 0 Å². The van der Waals surface area contributed by atoms with Crippen molar-refractivity contribution in [3.8, 4) is 0 Å². The van der Waals surface area contributed by atoms with Crippen molar-refractivity contribution in [2.24, 2.45) is 0 Å². The van der Waals surface area contributed by atoms with Crippen LogP contribution in [0.15, 0.2) is 12.3 Å². The van der Waals surface area contributed by atoms with Crippen molar-refractivity contribution in [2.45, 2.75) is 19.9 Å². The highest BCUT2D eigenvalue weighted by molar-refractivity contribution is 5.86. The maximum absolute atomic E-state index is 10.7. The molecule has 0 unspecified atom stereocenters. The highest BCUT2D eigenvalue weighted by Crippen LogP contribution is 2.16. The molecular formula is C8H10N2O4. The molecule has 0 aliphatic carbocycles. The summed E-state index contributed by atoms with van der Waals surface area (Å²) in [5.41, 5.74) is -0.227. The predicted molar refractivity (Wildman–Crippen MR) is 48.3 cm³/mol. The molecule has 0 atom stereocenters. The van der Waals surface area contributed by atoms with Crippen LogP contribution in [0.3, 0.4) is 0 Å². The summed E-state index contributed by atoms with van der Waals surface area (Å²) < 4.78 is 1.38. The molecule has 0 radical (unpaired) electrons. The Labute approximate surface area is 79.9 Å². The number of nitro groups is 1. The van der Waals surface area contributed by atoms with Crippen molar-refractivity contribution >= 4 is 11.7 Å². The number of carboxylic acid groups (broad SMARTS) is 1. The maximum atomic E-state index is 10.7. The van der Waals surface area contributed by atoms with Crippen molar-refractivity contribution in [1.29, 1.82) is 0 Å². The van der Waals surface area contributed by atoms with Gasteiger partial charge in [0.25, 0.3) is 5.69 Å². The van der Waals surface area contributed by atoms with Crippen molar-refractivity contribution < 1.29 is 14.8 Å². The van der Waals surface area contributed by atoms with Crippen molar-refractivity contribution in [2.75, 3.05) is 0 Å². The zero-order valence-corrected chi connectivity index (χ0v) is 7.64. The lowest BCUT2D eigenvalue weighted by Crippen LogP contribution is -2.06. The molecule has 0 aliphatic rings. The average molecular weight is 198 g/mol. The van der Waals surface area contributed by atoms with E-state index in [2.05, 4.69) is 0 Å². The number of aromatic carboxylic acids is 1. The Morgan fingerprint density at radius 3 is 2.79 bits per heavy atom. The molecule has 1 aromatic heterocycles. The van der Waals surface area contributed by atoms with Gasteiger partial charge in [0.15, 0.2) is 0 Å². The molecular weight excluding hydrogens is 188 g/mol. The monoisotopic (exact) mass is 198 g/mol. The van der Waals surface area contributed by atoms with E-state index in [9.17, 15) is 14.9 Å². The topological polar surface area (TPSA) is 85.4 Å². The van der Waals surface area contributed by atoms with Gasteiger partial charge in [-0.25, -0.2) is 4.79 Å². The molecule has 0 aliphatic heterocycles. The van der Waals surface area contributed by atoms with Gasteiger partial charge in [0, 0.05) is 12.6 Å². The normalized spacial score (nSPS) is 10.1. The van der Waals surface area contributed by atoms with E-state index in [1.165, 1.54) is 10.8 Å². The summed E-state index contributed by atoms with van der Waals surface area (Å²) in [6, 6.07) is 1.07. The molecule has 6 heteroatoms. The summed E-state index contributed by atoms with van der Waals surface area (Å²) in [6.07, 6.45) is 1.97. The molecule has 0 amide bonds. The molecule has 1 N–H and O–H groups in total. The maximum Gasteiger partial charge on any atom is 0.352 e. The summed E-state index contributed by atoms with van der Waals surface area (Å²) in [6.45, 7) is 2.34. The van der Waals surface area contributed by atoms with E-state index in [1.807, 2.05) is 6.92 Å². The first-order valence-electron chi connectivity index (χ1n) is 4.14. The van der Waals surface area contributed by atoms with Crippen molar-refractivity contribution in [3.05, 3.63) is 28.1 Å². The number of rotatable bonds is 4. The zero-order valence-electron chi connectivity index (χ0n) is 7.64. The van der Waals surface area contributed by atoms with Crippen molar-refractivity contribution in [3.63, 3.8) is 0 Å². The molecule has 14 heavy (non-hydrogen) atoms. The fourth-order valence-electron chi connectivity index (χ4n) is 1.20. The number of aromatic nitrogens is 1.